The molecule has 0 unspecified atom stereocenters. The number of hydrogen-bond acceptors (Lipinski definition) is 5. The van der Waals surface area contributed by atoms with Crippen LogP contribution in [0, 0.1) is 13.8 Å². The smallest absolute Gasteiger partial charge is 0.254 e. The Hall–Kier alpha value is -4.13. The third kappa shape index (κ3) is 3.69. The second-order valence-electron chi connectivity index (χ2n) is 7.98. The highest BCUT2D eigenvalue weighted by Crippen LogP contribution is 2.24. The van der Waals surface area contributed by atoms with Gasteiger partial charge in [0.2, 0.25) is 0 Å². The van der Waals surface area contributed by atoms with E-state index >= 15 is 0 Å². The van der Waals surface area contributed by atoms with Crippen molar-refractivity contribution < 1.29 is 4.79 Å². The predicted octanol–water partition coefficient (Wildman–Crippen LogP) is 4.13. The number of aromatic nitrogens is 5. The fourth-order valence-electron chi connectivity index (χ4n) is 3.99. The minimum absolute atomic E-state index is 0.0667. The van der Waals surface area contributed by atoms with E-state index in [1.807, 2.05) is 30.0 Å². The van der Waals surface area contributed by atoms with Gasteiger partial charge in [-0.1, -0.05) is 48.0 Å². The molecule has 0 bridgehead atoms. The van der Waals surface area contributed by atoms with Gasteiger partial charge in [-0.15, -0.1) is 5.10 Å². The van der Waals surface area contributed by atoms with E-state index in [9.17, 15) is 4.79 Å². The van der Waals surface area contributed by atoms with Crippen molar-refractivity contribution in [1.29, 1.82) is 0 Å². The van der Waals surface area contributed by atoms with Gasteiger partial charge in [-0.3, -0.25) is 9.78 Å². The molecule has 0 saturated heterocycles. The van der Waals surface area contributed by atoms with Crippen LogP contribution < -0.4 is 0 Å². The Morgan fingerprint density at radius 3 is 2.53 bits per heavy atom. The van der Waals surface area contributed by atoms with Crippen molar-refractivity contribution in [2.75, 3.05) is 0 Å². The largest absolute Gasteiger partial charge is 0.330 e. The zero-order valence-electron chi connectivity index (χ0n) is 17.9. The third-order valence-corrected chi connectivity index (χ3v) is 5.64. The summed E-state index contributed by atoms with van der Waals surface area (Å²) < 4.78 is 1.76. The maximum absolute atomic E-state index is 13.5. The SMILES string of the molecule is Cc1ccc(CN(Cc2cc3cccc(C)c3n3nnnc23)C(=O)c2ccncc2)cc1. The van der Waals surface area contributed by atoms with Crippen LogP contribution in [0.3, 0.4) is 0 Å². The molecule has 0 spiro atoms. The zero-order chi connectivity index (χ0) is 22.1. The van der Waals surface area contributed by atoms with Crippen molar-refractivity contribution in [1.82, 2.24) is 29.9 Å². The number of aryl methyl sites for hydroxylation is 2. The zero-order valence-corrected chi connectivity index (χ0v) is 17.9. The van der Waals surface area contributed by atoms with Gasteiger partial charge in [-0.2, -0.15) is 4.52 Å². The summed E-state index contributed by atoms with van der Waals surface area (Å²) in [6, 6.07) is 19.9. The van der Waals surface area contributed by atoms with Crippen LogP contribution >= 0.6 is 0 Å². The highest BCUT2D eigenvalue weighted by atomic mass is 16.2. The predicted molar refractivity (Wildman–Crippen MR) is 122 cm³/mol. The minimum atomic E-state index is -0.0667. The number of para-hydroxylation sites is 1. The molecule has 3 heterocycles. The lowest BCUT2D eigenvalue weighted by molar-refractivity contribution is 0.0730. The molecule has 32 heavy (non-hydrogen) atoms. The average Bonchev–Trinajstić information content (AvgIpc) is 3.30. The van der Waals surface area contributed by atoms with Gasteiger partial charge >= 0.3 is 0 Å². The Morgan fingerprint density at radius 2 is 1.75 bits per heavy atom. The first kappa shape index (κ1) is 19.8. The first-order chi connectivity index (χ1) is 15.6. The van der Waals surface area contributed by atoms with Gasteiger partial charge in [0, 0.05) is 35.5 Å². The van der Waals surface area contributed by atoms with E-state index in [4.69, 9.17) is 0 Å². The maximum Gasteiger partial charge on any atom is 0.254 e. The molecule has 158 valence electrons. The van der Waals surface area contributed by atoms with E-state index in [1.54, 1.807) is 29.0 Å². The van der Waals surface area contributed by atoms with E-state index in [1.165, 1.54) is 5.56 Å². The summed E-state index contributed by atoms with van der Waals surface area (Å²) in [6.07, 6.45) is 3.27. The lowest BCUT2D eigenvalue weighted by atomic mass is 10.1. The second kappa shape index (κ2) is 8.19. The summed E-state index contributed by atoms with van der Waals surface area (Å²) in [5, 5.41) is 13.4. The number of tetrazole rings is 1. The normalized spacial score (nSPS) is 11.2. The van der Waals surface area contributed by atoms with Crippen LogP contribution in [0.1, 0.15) is 32.6 Å². The van der Waals surface area contributed by atoms with Crippen LogP contribution in [0.5, 0.6) is 0 Å². The molecular formula is C25H22N6O. The molecular weight excluding hydrogens is 400 g/mol. The molecule has 0 saturated carbocycles. The molecule has 0 aliphatic carbocycles. The van der Waals surface area contributed by atoms with E-state index in [0.29, 0.717) is 24.3 Å². The Bertz CT molecular complexity index is 1410. The fraction of sp³-hybridized carbons (Fsp3) is 0.160. The van der Waals surface area contributed by atoms with Gasteiger partial charge in [-0.05, 0) is 53.6 Å². The van der Waals surface area contributed by atoms with Crippen molar-refractivity contribution in [3.63, 3.8) is 0 Å². The van der Waals surface area contributed by atoms with Gasteiger partial charge < -0.3 is 4.90 Å². The fourth-order valence-corrected chi connectivity index (χ4v) is 3.99. The van der Waals surface area contributed by atoms with Gasteiger partial charge in [0.25, 0.3) is 5.91 Å². The molecule has 1 amide bonds. The molecule has 5 rings (SSSR count). The first-order valence-corrected chi connectivity index (χ1v) is 10.4. The molecule has 5 aromatic rings. The van der Waals surface area contributed by atoms with Crippen LogP contribution in [0.2, 0.25) is 0 Å². The topological polar surface area (TPSA) is 76.3 Å². The number of fused-ring (bicyclic) bond motifs is 3. The molecule has 7 nitrogen and oxygen atoms in total. The third-order valence-electron chi connectivity index (χ3n) is 5.64. The summed E-state index contributed by atoms with van der Waals surface area (Å²) in [7, 11) is 0. The number of carbonyl (C=O) groups excluding carboxylic acids is 1. The summed E-state index contributed by atoms with van der Waals surface area (Å²) in [5.41, 5.74) is 6.45. The van der Waals surface area contributed by atoms with E-state index < -0.39 is 0 Å². The molecule has 7 heteroatoms. The monoisotopic (exact) mass is 422 g/mol. The van der Waals surface area contributed by atoms with Crippen molar-refractivity contribution >= 4 is 22.5 Å². The molecule has 2 aromatic carbocycles. The average molecular weight is 422 g/mol. The van der Waals surface area contributed by atoms with Crippen LogP contribution in [-0.4, -0.2) is 35.8 Å². The van der Waals surface area contributed by atoms with Crippen molar-refractivity contribution in [3.05, 3.63) is 101 Å². The van der Waals surface area contributed by atoms with Gasteiger partial charge in [0.15, 0.2) is 5.65 Å². The lowest BCUT2D eigenvalue weighted by Gasteiger charge is -2.23. The number of hydrogen-bond donors (Lipinski definition) is 0. The van der Waals surface area contributed by atoms with Crippen LogP contribution in [-0.2, 0) is 13.1 Å². The van der Waals surface area contributed by atoms with Crippen molar-refractivity contribution in [2.45, 2.75) is 26.9 Å². The highest BCUT2D eigenvalue weighted by molar-refractivity contribution is 5.94. The number of benzene rings is 2. The molecule has 0 aliphatic heterocycles. The Balaban J connectivity index is 1.58. The van der Waals surface area contributed by atoms with Gasteiger partial charge in [-0.25, -0.2) is 0 Å². The Labute approximate surface area is 185 Å². The highest BCUT2D eigenvalue weighted by Gasteiger charge is 2.20. The van der Waals surface area contributed by atoms with Crippen LogP contribution in [0.25, 0.3) is 16.6 Å². The summed E-state index contributed by atoms with van der Waals surface area (Å²) in [4.78, 5) is 19.3. The van der Waals surface area contributed by atoms with E-state index in [-0.39, 0.29) is 5.91 Å². The molecule has 0 aliphatic rings. The number of carbonyl (C=O) groups is 1. The molecule has 0 atom stereocenters. The molecule has 0 fully saturated rings. The number of amides is 1. The second-order valence-corrected chi connectivity index (χ2v) is 7.98. The lowest BCUT2D eigenvalue weighted by Crippen LogP contribution is -2.30. The number of nitrogens with zero attached hydrogens (tertiary/aromatic N) is 6. The van der Waals surface area contributed by atoms with Crippen molar-refractivity contribution in [3.8, 4) is 0 Å². The minimum Gasteiger partial charge on any atom is -0.330 e. The molecule has 0 radical (unpaired) electrons. The number of rotatable bonds is 5. The maximum atomic E-state index is 13.5. The molecule has 0 N–H and O–H groups in total. The summed E-state index contributed by atoms with van der Waals surface area (Å²) >= 11 is 0. The first-order valence-electron chi connectivity index (χ1n) is 10.4. The Morgan fingerprint density at radius 1 is 0.969 bits per heavy atom. The van der Waals surface area contributed by atoms with Gasteiger partial charge in [0.1, 0.15) is 0 Å². The van der Waals surface area contributed by atoms with Crippen LogP contribution in [0.4, 0.5) is 0 Å². The van der Waals surface area contributed by atoms with Crippen LogP contribution in [0.15, 0.2) is 73.1 Å². The number of pyridine rings is 2. The van der Waals surface area contributed by atoms with Crippen molar-refractivity contribution in [2.24, 2.45) is 0 Å². The summed E-state index contributed by atoms with van der Waals surface area (Å²) in [6.45, 7) is 4.94. The van der Waals surface area contributed by atoms with Gasteiger partial charge in [0.05, 0.1) is 12.1 Å². The quantitative estimate of drug-likeness (QED) is 0.426. The van der Waals surface area contributed by atoms with E-state index in [0.717, 1.165) is 27.6 Å². The van der Waals surface area contributed by atoms with E-state index in [2.05, 4.69) is 57.8 Å². The molecule has 3 aromatic heterocycles. The standard InChI is InChI=1S/C25H22N6O/c1-17-6-8-19(9-7-17)15-30(25(32)20-10-12-26-13-11-20)16-22-14-21-5-3-4-18(2)23(21)31-24(22)27-28-29-31/h3-14H,15-16H2,1-2H3. The summed E-state index contributed by atoms with van der Waals surface area (Å²) in [5.74, 6) is -0.0667. The Kier molecular flexibility index (Phi) is 5.07.